The Hall–Kier alpha value is -1.63. The van der Waals surface area contributed by atoms with Crippen molar-refractivity contribution < 1.29 is 9.53 Å². The van der Waals surface area contributed by atoms with Crippen molar-refractivity contribution in [3.63, 3.8) is 0 Å². The Morgan fingerprint density at radius 3 is 2.69 bits per heavy atom. The predicted molar refractivity (Wildman–Crippen MR) is 117 cm³/mol. The highest BCUT2D eigenvalue weighted by atomic mass is 16.5. The van der Waals surface area contributed by atoms with Gasteiger partial charge in [-0.15, -0.1) is 0 Å². The number of carbonyl (C=O) groups excluding carboxylic acids is 1. The standard InChI is InChI=1S/C23H38N4O2/c1-5-19-16-27-20(15-24-19)17-26(12-11-25(6-2)7-3)23(28)22(27)14-18-9-8-10-21(13-18)29-4/h8-10,13,19-20,22,24H,5-7,11-12,14-17H2,1-4H3/t19-,20+,22-/m1/s1. The molecular weight excluding hydrogens is 364 g/mol. The smallest absolute Gasteiger partial charge is 0.240 e. The third kappa shape index (κ3) is 5.30. The van der Waals surface area contributed by atoms with Crippen LogP contribution in [0.2, 0.25) is 0 Å². The summed E-state index contributed by atoms with van der Waals surface area (Å²) in [7, 11) is 1.69. The van der Waals surface area contributed by atoms with Crippen LogP contribution in [0.4, 0.5) is 0 Å². The quantitative estimate of drug-likeness (QED) is 0.683. The summed E-state index contributed by atoms with van der Waals surface area (Å²) in [5.41, 5.74) is 1.17. The fourth-order valence-corrected chi connectivity index (χ4v) is 4.64. The molecule has 1 aromatic rings. The summed E-state index contributed by atoms with van der Waals surface area (Å²) in [4.78, 5) is 20.5. The first kappa shape index (κ1) is 22.1. The Balaban J connectivity index is 1.78. The van der Waals surface area contributed by atoms with Crippen molar-refractivity contribution in [1.29, 1.82) is 0 Å². The van der Waals surface area contributed by atoms with E-state index in [1.165, 1.54) is 5.56 Å². The van der Waals surface area contributed by atoms with Gasteiger partial charge in [0.25, 0.3) is 0 Å². The second kappa shape index (κ2) is 10.4. The third-order valence-electron chi connectivity index (χ3n) is 6.61. The molecule has 162 valence electrons. The molecule has 0 saturated carbocycles. The Morgan fingerprint density at radius 1 is 1.21 bits per heavy atom. The second-order valence-electron chi connectivity index (χ2n) is 8.25. The zero-order valence-electron chi connectivity index (χ0n) is 18.6. The average molecular weight is 403 g/mol. The number of benzene rings is 1. The molecule has 6 heteroatoms. The monoisotopic (exact) mass is 402 g/mol. The highest BCUT2D eigenvalue weighted by Crippen LogP contribution is 2.25. The molecule has 0 bridgehead atoms. The van der Waals surface area contributed by atoms with E-state index in [-0.39, 0.29) is 11.9 Å². The van der Waals surface area contributed by atoms with E-state index in [4.69, 9.17) is 4.74 Å². The predicted octanol–water partition coefficient (Wildman–Crippen LogP) is 1.84. The summed E-state index contributed by atoms with van der Waals surface area (Å²) >= 11 is 0. The van der Waals surface area contributed by atoms with Crippen molar-refractivity contribution in [3.05, 3.63) is 29.8 Å². The molecule has 0 unspecified atom stereocenters. The lowest BCUT2D eigenvalue weighted by Crippen LogP contribution is -2.70. The van der Waals surface area contributed by atoms with E-state index in [0.717, 1.165) is 64.4 Å². The molecule has 2 heterocycles. The molecule has 1 N–H and O–H groups in total. The molecule has 1 amide bonds. The molecular formula is C23H38N4O2. The van der Waals surface area contributed by atoms with Gasteiger partial charge < -0.3 is 19.9 Å². The summed E-state index contributed by atoms with van der Waals surface area (Å²) in [6.07, 6.45) is 1.83. The zero-order chi connectivity index (χ0) is 20.8. The number of methoxy groups -OCH3 is 1. The number of carbonyl (C=O) groups is 1. The fourth-order valence-electron chi connectivity index (χ4n) is 4.64. The van der Waals surface area contributed by atoms with E-state index < -0.39 is 0 Å². The van der Waals surface area contributed by atoms with Crippen molar-refractivity contribution in [3.8, 4) is 5.75 Å². The van der Waals surface area contributed by atoms with Crippen LogP contribution in [-0.4, -0.2) is 91.7 Å². The Morgan fingerprint density at radius 2 is 2.00 bits per heavy atom. The molecule has 6 nitrogen and oxygen atoms in total. The number of hydrogen-bond donors (Lipinski definition) is 1. The lowest BCUT2D eigenvalue weighted by Gasteiger charge is -2.50. The number of likely N-dealkylation sites (N-methyl/N-ethyl adjacent to an activating group) is 1. The topological polar surface area (TPSA) is 48.0 Å². The number of fused-ring (bicyclic) bond motifs is 1. The maximum absolute atomic E-state index is 13.5. The van der Waals surface area contributed by atoms with E-state index in [0.29, 0.717) is 12.1 Å². The minimum atomic E-state index is -0.0892. The van der Waals surface area contributed by atoms with Crippen LogP contribution in [0, 0.1) is 0 Å². The fraction of sp³-hybridized carbons (Fsp3) is 0.696. The first-order valence-electron chi connectivity index (χ1n) is 11.2. The number of nitrogens with zero attached hydrogens (tertiary/aromatic N) is 3. The molecule has 0 aliphatic carbocycles. The van der Waals surface area contributed by atoms with E-state index >= 15 is 0 Å². The first-order chi connectivity index (χ1) is 14.1. The van der Waals surface area contributed by atoms with Crippen LogP contribution < -0.4 is 10.1 Å². The van der Waals surface area contributed by atoms with Gasteiger partial charge in [-0.25, -0.2) is 0 Å². The van der Waals surface area contributed by atoms with Crippen LogP contribution in [-0.2, 0) is 11.2 Å². The molecule has 0 spiro atoms. The second-order valence-corrected chi connectivity index (χ2v) is 8.25. The molecule has 2 saturated heterocycles. The molecule has 2 aliphatic rings. The Labute approximate surface area is 176 Å². The largest absolute Gasteiger partial charge is 0.497 e. The lowest BCUT2D eigenvalue weighted by atomic mass is 9.94. The normalized spacial score (nSPS) is 25.3. The van der Waals surface area contributed by atoms with E-state index in [1.54, 1.807) is 7.11 Å². The van der Waals surface area contributed by atoms with Gasteiger partial charge in [0.05, 0.1) is 13.2 Å². The summed E-state index contributed by atoms with van der Waals surface area (Å²) in [6, 6.07) is 8.92. The molecule has 2 aliphatic heterocycles. The van der Waals surface area contributed by atoms with Gasteiger partial charge in [-0.3, -0.25) is 9.69 Å². The number of nitrogens with one attached hydrogen (secondary N) is 1. The Bertz CT molecular complexity index is 664. The number of rotatable bonds is 9. The van der Waals surface area contributed by atoms with Gasteiger partial charge in [0.2, 0.25) is 5.91 Å². The van der Waals surface area contributed by atoms with Crippen molar-refractivity contribution >= 4 is 5.91 Å². The third-order valence-corrected chi connectivity index (χ3v) is 6.61. The van der Waals surface area contributed by atoms with Crippen molar-refractivity contribution in [2.75, 3.05) is 52.9 Å². The Kier molecular flexibility index (Phi) is 7.92. The lowest BCUT2D eigenvalue weighted by molar-refractivity contribution is -0.147. The summed E-state index contributed by atoms with van der Waals surface area (Å²) < 4.78 is 5.40. The minimum absolute atomic E-state index is 0.0892. The van der Waals surface area contributed by atoms with Gasteiger partial charge in [0.15, 0.2) is 0 Å². The molecule has 0 aromatic heterocycles. The van der Waals surface area contributed by atoms with Gasteiger partial charge >= 0.3 is 0 Å². The van der Waals surface area contributed by atoms with E-state index in [2.05, 4.69) is 52.9 Å². The highest BCUT2D eigenvalue weighted by Gasteiger charge is 2.42. The molecule has 2 fully saturated rings. The van der Waals surface area contributed by atoms with E-state index in [1.807, 2.05) is 12.1 Å². The minimum Gasteiger partial charge on any atom is -0.497 e. The maximum atomic E-state index is 13.5. The zero-order valence-corrected chi connectivity index (χ0v) is 18.6. The van der Waals surface area contributed by atoms with Crippen LogP contribution in [0.25, 0.3) is 0 Å². The average Bonchev–Trinajstić information content (AvgIpc) is 2.76. The van der Waals surface area contributed by atoms with E-state index in [9.17, 15) is 4.79 Å². The molecule has 0 radical (unpaired) electrons. The molecule has 29 heavy (non-hydrogen) atoms. The van der Waals surface area contributed by atoms with Gasteiger partial charge in [-0.05, 0) is 43.6 Å². The van der Waals surface area contributed by atoms with Gasteiger partial charge in [0, 0.05) is 44.8 Å². The van der Waals surface area contributed by atoms with Crippen LogP contribution in [0.5, 0.6) is 5.75 Å². The number of hydrogen-bond acceptors (Lipinski definition) is 5. The van der Waals surface area contributed by atoms with Gasteiger partial charge in [-0.1, -0.05) is 32.9 Å². The van der Waals surface area contributed by atoms with Crippen molar-refractivity contribution in [2.24, 2.45) is 0 Å². The molecule has 3 atom stereocenters. The number of ether oxygens (including phenoxy) is 1. The van der Waals surface area contributed by atoms with Gasteiger partial charge in [0.1, 0.15) is 5.75 Å². The first-order valence-corrected chi connectivity index (χ1v) is 11.2. The van der Waals surface area contributed by atoms with Crippen LogP contribution in [0.15, 0.2) is 24.3 Å². The number of piperazine rings is 2. The number of amides is 1. The van der Waals surface area contributed by atoms with Crippen LogP contribution >= 0.6 is 0 Å². The van der Waals surface area contributed by atoms with Crippen LogP contribution in [0.3, 0.4) is 0 Å². The SMILES string of the molecule is CC[C@@H]1CN2[C@@H](CN1)CN(CCN(CC)CC)C(=O)[C@H]2Cc1cccc(OC)c1. The maximum Gasteiger partial charge on any atom is 0.240 e. The van der Waals surface area contributed by atoms with Crippen LogP contribution in [0.1, 0.15) is 32.8 Å². The summed E-state index contributed by atoms with van der Waals surface area (Å²) in [5.74, 6) is 1.14. The van der Waals surface area contributed by atoms with Crippen molar-refractivity contribution in [2.45, 2.75) is 51.7 Å². The highest BCUT2D eigenvalue weighted by molar-refractivity contribution is 5.83. The summed E-state index contributed by atoms with van der Waals surface area (Å²) in [6.45, 7) is 13.2. The van der Waals surface area contributed by atoms with Gasteiger partial charge in [-0.2, -0.15) is 0 Å². The van der Waals surface area contributed by atoms with Crippen molar-refractivity contribution in [1.82, 2.24) is 20.0 Å². The summed E-state index contributed by atoms with van der Waals surface area (Å²) in [5, 5.41) is 3.68. The molecule has 1 aromatic carbocycles. The molecule has 3 rings (SSSR count).